The first-order valence-electron chi connectivity index (χ1n) is 6.04. The van der Waals surface area contributed by atoms with Gasteiger partial charge in [0.2, 0.25) is 0 Å². The Labute approximate surface area is 105 Å². The summed E-state index contributed by atoms with van der Waals surface area (Å²) < 4.78 is 0. The van der Waals surface area contributed by atoms with Crippen molar-refractivity contribution >= 4 is 5.91 Å². The zero-order valence-electron chi connectivity index (χ0n) is 9.91. The summed E-state index contributed by atoms with van der Waals surface area (Å²) >= 11 is 0. The predicted molar refractivity (Wildman–Crippen MR) is 66.1 cm³/mol. The highest BCUT2D eigenvalue weighted by Gasteiger charge is 2.28. The molecule has 0 radical (unpaired) electrons. The van der Waals surface area contributed by atoms with Crippen molar-refractivity contribution < 1.29 is 4.79 Å². The van der Waals surface area contributed by atoms with Crippen LogP contribution in [-0.2, 0) is 0 Å². The van der Waals surface area contributed by atoms with Gasteiger partial charge in [0.1, 0.15) is 5.69 Å². The van der Waals surface area contributed by atoms with Crippen molar-refractivity contribution in [2.75, 3.05) is 13.1 Å². The number of aromatic nitrogens is 3. The third-order valence-electron chi connectivity index (χ3n) is 3.32. The Morgan fingerprint density at radius 2 is 2.28 bits per heavy atom. The van der Waals surface area contributed by atoms with E-state index in [0.717, 1.165) is 25.2 Å². The Bertz CT molecular complexity index is 523. The average Bonchev–Trinajstić information content (AvgIpc) is 3.09. The monoisotopic (exact) mass is 242 g/mol. The number of nitrogens with zero attached hydrogens (tertiary/aromatic N) is 3. The van der Waals surface area contributed by atoms with E-state index < -0.39 is 0 Å². The molecule has 5 nitrogen and oxygen atoms in total. The van der Waals surface area contributed by atoms with Gasteiger partial charge < -0.3 is 4.90 Å². The molecular formula is C13H14N4O. The summed E-state index contributed by atoms with van der Waals surface area (Å²) in [6.45, 7) is 1.51. The molecule has 1 aliphatic rings. The molecule has 1 saturated heterocycles. The number of nitrogens with one attached hydrogen (secondary N) is 1. The maximum Gasteiger partial charge on any atom is 0.272 e. The van der Waals surface area contributed by atoms with E-state index >= 15 is 0 Å². The lowest BCUT2D eigenvalue weighted by Gasteiger charge is -2.15. The van der Waals surface area contributed by atoms with E-state index in [1.54, 1.807) is 18.5 Å². The molecule has 1 aliphatic heterocycles. The number of carbonyl (C=O) groups excluding carboxylic acids is 1. The second kappa shape index (κ2) is 4.60. The molecular weight excluding hydrogens is 228 g/mol. The highest BCUT2D eigenvalue weighted by molar-refractivity contribution is 5.92. The van der Waals surface area contributed by atoms with Crippen molar-refractivity contribution in [3.8, 4) is 0 Å². The minimum Gasteiger partial charge on any atom is -0.337 e. The third kappa shape index (κ3) is 1.99. The zero-order valence-corrected chi connectivity index (χ0v) is 9.91. The summed E-state index contributed by atoms with van der Waals surface area (Å²) in [5, 5.41) is 6.93. The molecule has 1 fully saturated rings. The number of aromatic amines is 1. The minimum atomic E-state index is 0.0117. The minimum absolute atomic E-state index is 0.0117. The van der Waals surface area contributed by atoms with Crippen LogP contribution >= 0.6 is 0 Å². The van der Waals surface area contributed by atoms with Gasteiger partial charge in [-0.1, -0.05) is 6.07 Å². The van der Waals surface area contributed by atoms with E-state index in [-0.39, 0.29) is 5.91 Å². The van der Waals surface area contributed by atoms with Gasteiger partial charge in [-0.25, -0.2) is 0 Å². The smallest absolute Gasteiger partial charge is 0.272 e. The molecule has 3 heterocycles. The fourth-order valence-electron chi connectivity index (χ4n) is 2.34. The van der Waals surface area contributed by atoms with Crippen molar-refractivity contribution in [1.82, 2.24) is 20.1 Å². The largest absolute Gasteiger partial charge is 0.337 e. The molecule has 1 atom stereocenters. The number of hydrogen-bond acceptors (Lipinski definition) is 3. The van der Waals surface area contributed by atoms with E-state index in [1.165, 1.54) is 0 Å². The number of hydrogen-bond donors (Lipinski definition) is 1. The molecule has 3 rings (SSSR count). The van der Waals surface area contributed by atoms with Crippen LogP contribution in [-0.4, -0.2) is 39.1 Å². The van der Waals surface area contributed by atoms with Crippen LogP contribution in [0.5, 0.6) is 0 Å². The van der Waals surface area contributed by atoms with Crippen molar-refractivity contribution in [3.05, 3.63) is 48.0 Å². The summed E-state index contributed by atoms with van der Waals surface area (Å²) in [6.07, 6.45) is 4.37. The quantitative estimate of drug-likeness (QED) is 0.866. The molecule has 18 heavy (non-hydrogen) atoms. The number of likely N-dealkylation sites (tertiary alicyclic amines) is 1. The van der Waals surface area contributed by atoms with Gasteiger partial charge in [-0.05, 0) is 24.6 Å². The standard InChI is InChI=1S/C13H14N4O/c18-13(12-3-1-2-6-14-12)17-8-5-10(9-17)11-4-7-15-16-11/h1-4,6-7,10H,5,8-9H2,(H,15,16)/t10-/m1/s1. The van der Waals surface area contributed by atoms with E-state index in [1.807, 2.05) is 23.1 Å². The van der Waals surface area contributed by atoms with Gasteiger partial charge in [0, 0.05) is 37.1 Å². The van der Waals surface area contributed by atoms with Crippen molar-refractivity contribution in [2.24, 2.45) is 0 Å². The van der Waals surface area contributed by atoms with Crippen molar-refractivity contribution in [3.63, 3.8) is 0 Å². The summed E-state index contributed by atoms with van der Waals surface area (Å²) in [4.78, 5) is 18.2. The highest BCUT2D eigenvalue weighted by Crippen LogP contribution is 2.26. The Morgan fingerprint density at radius 1 is 1.33 bits per heavy atom. The van der Waals surface area contributed by atoms with Crippen LogP contribution in [0.2, 0.25) is 0 Å². The molecule has 92 valence electrons. The first-order chi connectivity index (χ1) is 8.84. The number of rotatable bonds is 2. The van der Waals surface area contributed by atoms with Crippen LogP contribution < -0.4 is 0 Å². The molecule has 2 aromatic heterocycles. The Morgan fingerprint density at radius 3 is 3.00 bits per heavy atom. The molecule has 0 unspecified atom stereocenters. The van der Waals surface area contributed by atoms with Crippen LogP contribution in [0.1, 0.15) is 28.5 Å². The summed E-state index contributed by atoms with van der Waals surface area (Å²) in [5.74, 6) is 0.373. The molecule has 0 aliphatic carbocycles. The third-order valence-corrected chi connectivity index (χ3v) is 3.32. The topological polar surface area (TPSA) is 61.9 Å². The van der Waals surface area contributed by atoms with Gasteiger partial charge >= 0.3 is 0 Å². The molecule has 1 amide bonds. The van der Waals surface area contributed by atoms with E-state index in [0.29, 0.717) is 11.6 Å². The lowest BCUT2D eigenvalue weighted by atomic mass is 10.1. The lowest BCUT2D eigenvalue weighted by molar-refractivity contribution is 0.0785. The van der Waals surface area contributed by atoms with Gasteiger partial charge in [0.25, 0.3) is 5.91 Å². The molecule has 0 spiro atoms. The summed E-state index contributed by atoms with van der Waals surface area (Å²) in [7, 11) is 0. The SMILES string of the molecule is O=C(c1ccccn1)N1CC[C@@H](c2ccn[nH]2)C1. The second-order valence-corrected chi connectivity index (χ2v) is 4.46. The van der Waals surface area contributed by atoms with Crippen LogP contribution in [0.3, 0.4) is 0 Å². The number of carbonyl (C=O) groups is 1. The molecule has 1 N–H and O–H groups in total. The molecule has 0 saturated carbocycles. The Hall–Kier alpha value is -2.17. The number of pyridine rings is 1. The maximum absolute atomic E-state index is 12.2. The molecule has 2 aromatic rings. The fraction of sp³-hybridized carbons (Fsp3) is 0.308. The van der Waals surface area contributed by atoms with Crippen LogP contribution in [0, 0.1) is 0 Å². The zero-order chi connectivity index (χ0) is 12.4. The Kier molecular flexibility index (Phi) is 2.80. The van der Waals surface area contributed by atoms with Gasteiger partial charge in [0.05, 0.1) is 0 Å². The molecule has 5 heteroatoms. The van der Waals surface area contributed by atoms with Gasteiger partial charge in [-0.15, -0.1) is 0 Å². The highest BCUT2D eigenvalue weighted by atomic mass is 16.2. The summed E-state index contributed by atoms with van der Waals surface area (Å²) in [6, 6.07) is 7.38. The molecule has 0 bridgehead atoms. The number of amides is 1. The molecule has 0 aromatic carbocycles. The first-order valence-corrected chi connectivity index (χ1v) is 6.04. The van der Waals surface area contributed by atoms with Gasteiger partial charge in [-0.2, -0.15) is 5.10 Å². The van der Waals surface area contributed by atoms with E-state index in [9.17, 15) is 4.79 Å². The number of H-pyrrole nitrogens is 1. The van der Waals surface area contributed by atoms with Crippen LogP contribution in [0.4, 0.5) is 0 Å². The van der Waals surface area contributed by atoms with E-state index in [2.05, 4.69) is 15.2 Å². The summed E-state index contributed by atoms with van der Waals surface area (Å²) in [5.41, 5.74) is 1.62. The predicted octanol–water partition coefficient (Wildman–Crippen LogP) is 1.43. The maximum atomic E-state index is 12.2. The van der Waals surface area contributed by atoms with Gasteiger partial charge in [0.15, 0.2) is 0 Å². The first kappa shape index (κ1) is 11.0. The fourth-order valence-corrected chi connectivity index (χ4v) is 2.34. The average molecular weight is 242 g/mol. The van der Waals surface area contributed by atoms with Gasteiger partial charge in [-0.3, -0.25) is 14.9 Å². The van der Waals surface area contributed by atoms with Crippen LogP contribution in [0.25, 0.3) is 0 Å². The van der Waals surface area contributed by atoms with Crippen molar-refractivity contribution in [2.45, 2.75) is 12.3 Å². The van der Waals surface area contributed by atoms with E-state index in [4.69, 9.17) is 0 Å². The normalized spacial score (nSPS) is 19.1. The Balaban J connectivity index is 1.71. The lowest BCUT2D eigenvalue weighted by Crippen LogP contribution is -2.29. The van der Waals surface area contributed by atoms with Crippen molar-refractivity contribution in [1.29, 1.82) is 0 Å². The van der Waals surface area contributed by atoms with Crippen LogP contribution in [0.15, 0.2) is 36.7 Å². The second-order valence-electron chi connectivity index (χ2n) is 4.46.